The summed E-state index contributed by atoms with van der Waals surface area (Å²) in [6.45, 7) is 17.8. The Morgan fingerprint density at radius 1 is 0.730 bits per heavy atom. The lowest BCUT2D eigenvalue weighted by Gasteiger charge is -2.33. The van der Waals surface area contributed by atoms with Crippen molar-refractivity contribution in [1.29, 1.82) is 0 Å². The normalized spacial score (nSPS) is 15.2. The molecule has 214 valence electrons. The smallest absolute Gasteiger partial charge is 0.480 e. The number of hydrogen-bond donors (Lipinski definition) is 3. The van der Waals surface area contributed by atoms with Crippen LogP contribution >= 0.6 is 0 Å². The average Bonchev–Trinajstić information content (AvgIpc) is 2.69. The summed E-state index contributed by atoms with van der Waals surface area (Å²) in [5.41, 5.74) is -1.76. The Morgan fingerprint density at radius 3 is 1.57 bits per heavy atom. The summed E-state index contributed by atoms with van der Waals surface area (Å²) < 4.78 is 21.3. The molecule has 0 radical (unpaired) electrons. The number of carbonyl (C=O) groups excluding carboxylic acids is 4. The summed E-state index contributed by atoms with van der Waals surface area (Å²) in [6, 6.07) is -3.14. The van der Waals surface area contributed by atoms with Crippen LogP contribution in [0, 0.1) is 11.8 Å². The Balaban J connectivity index is 6.11. The Hall–Kier alpha value is -3.05. The van der Waals surface area contributed by atoms with Crippen LogP contribution in [0.4, 0.5) is 9.59 Å². The molecule has 0 heterocycles. The molecule has 2 amide bonds. The molecular formula is C25H44N2O10. The van der Waals surface area contributed by atoms with Crippen molar-refractivity contribution in [3.05, 3.63) is 0 Å². The molecule has 0 fully saturated rings. The standard InChI is InChI=1S/C25H44N2O10/c1-12-15(28)26-17(19(14(4)5)35-23(33)37-25(9,10)11)21(31)34-18(13(2)3)16(20(29)30)27-22(32)36-24(6,7)8/h13-14,16-19H,12H2,1-11H3,(H,26,28)(H,27,32)(H,29,30)/t16-,17-,18+,19+/m0/s1. The largest absolute Gasteiger partial charge is 0.509 e. The number of aliphatic carboxylic acids is 1. The SMILES string of the molecule is CCC(=O)N[C@H](C(=O)O[C@H](C(C)C)[C@H](NC(=O)OC(C)(C)C)C(=O)O)[C@H](OC(=O)OC(C)(C)C)C(C)C. The van der Waals surface area contributed by atoms with Gasteiger partial charge in [-0.2, -0.15) is 0 Å². The van der Waals surface area contributed by atoms with Crippen LogP contribution in [0.25, 0.3) is 0 Å². The zero-order valence-electron chi connectivity index (χ0n) is 23.8. The molecule has 0 aliphatic carbocycles. The highest BCUT2D eigenvalue weighted by atomic mass is 16.7. The van der Waals surface area contributed by atoms with Gasteiger partial charge in [0.1, 0.15) is 23.4 Å². The summed E-state index contributed by atoms with van der Waals surface area (Å²) in [4.78, 5) is 62.3. The Kier molecular flexibility index (Phi) is 12.9. The maximum atomic E-state index is 13.4. The van der Waals surface area contributed by atoms with E-state index in [1.807, 2.05) is 0 Å². The van der Waals surface area contributed by atoms with Crippen LogP contribution in [0.5, 0.6) is 0 Å². The van der Waals surface area contributed by atoms with Crippen molar-refractivity contribution in [2.45, 2.75) is 118 Å². The quantitative estimate of drug-likeness (QED) is 0.265. The molecule has 3 N–H and O–H groups in total. The number of esters is 1. The zero-order valence-corrected chi connectivity index (χ0v) is 23.8. The first-order valence-corrected chi connectivity index (χ1v) is 12.3. The van der Waals surface area contributed by atoms with Crippen molar-refractivity contribution >= 4 is 30.1 Å². The number of ether oxygens (including phenoxy) is 4. The molecule has 0 bridgehead atoms. The number of rotatable bonds is 11. The lowest BCUT2D eigenvalue weighted by atomic mass is 9.97. The van der Waals surface area contributed by atoms with Crippen molar-refractivity contribution in [1.82, 2.24) is 10.6 Å². The van der Waals surface area contributed by atoms with Crippen LogP contribution < -0.4 is 10.6 Å². The Labute approximate surface area is 219 Å². The van der Waals surface area contributed by atoms with Crippen LogP contribution in [0.15, 0.2) is 0 Å². The molecule has 0 aromatic carbocycles. The van der Waals surface area contributed by atoms with Crippen LogP contribution in [-0.2, 0) is 33.3 Å². The molecule has 37 heavy (non-hydrogen) atoms. The number of nitrogens with one attached hydrogen (secondary N) is 2. The van der Waals surface area contributed by atoms with E-state index in [4.69, 9.17) is 18.9 Å². The van der Waals surface area contributed by atoms with E-state index in [1.165, 1.54) is 0 Å². The van der Waals surface area contributed by atoms with Crippen molar-refractivity contribution in [3.63, 3.8) is 0 Å². The topological polar surface area (TPSA) is 167 Å². The minimum Gasteiger partial charge on any atom is -0.480 e. The van der Waals surface area contributed by atoms with E-state index in [-0.39, 0.29) is 6.42 Å². The number of carboxylic acids is 1. The number of alkyl carbamates (subject to hydrolysis) is 1. The number of amides is 2. The van der Waals surface area contributed by atoms with Gasteiger partial charge in [-0.3, -0.25) is 4.79 Å². The molecular weight excluding hydrogens is 488 g/mol. The van der Waals surface area contributed by atoms with E-state index in [1.54, 1.807) is 76.2 Å². The second-order valence-corrected chi connectivity index (χ2v) is 11.3. The molecule has 4 atom stereocenters. The third kappa shape index (κ3) is 13.2. The fourth-order valence-electron chi connectivity index (χ4n) is 3.04. The van der Waals surface area contributed by atoms with E-state index in [0.29, 0.717) is 0 Å². The van der Waals surface area contributed by atoms with Crippen LogP contribution in [-0.4, -0.2) is 70.7 Å². The lowest BCUT2D eigenvalue weighted by Crippen LogP contribution is -2.57. The molecule has 0 aromatic rings. The van der Waals surface area contributed by atoms with Crippen LogP contribution in [0.3, 0.4) is 0 Å². The first kappa shape index (κ1) is 34.0. The predicted molar refractivity (Wildman–Crippen MR) is 134 cm³/mol. The third-order valence-electron chi connectivity index (χ3n) is 4.68. The molecule has 0 saturated heterocycles. The van der Waals surface area contributed by atoms with Gasteiger partial charge < -0.3 is 34.7 Å². The van der Waals surface area contributed by atoms with Gasteiger partial charge in [0.2, 0.25) is 5.91 Å². The minimum absolute atomic E-state index is 0.0204. The summed E-state index contributed by atoms with van der Waals surface area (Å²) in [5, 5.41) is 14.5. The minimum atomic E-state index is -1.66. The van der Waals surface area contributed by atoms with Gasteiger partial charge in [-0.1, -0.05) is 34.6 Å². The van der Waals surface area contributed by atoms with Gasteiger partial charge in [0.25, 0.3) is 0 Å². The highest BCUT2D eigenvalue weighted by molar-refractivity contribution is 5.86. The highest BCUT2D eigenvalue weighted by Crippen LogP contribution is 2.20. The molecule has 0 rings (SSSR count). The van der Waals surface area contributed by atoms with Crippen molar-refractivity contribution < 1.29 is 48.0 Å². The summed E-state index contributed by atoms with van der Waals surface area (Å²) >= 11 is 0. The van der Waals surface area contributed by atoms with Gasteiger partial charge in [0.15, 0.2) is 12.1 Å². The average molecular weight is 533 g/mol. The van der Waals surface area contributed by atoms with Gasteiger partial charge >= 0.3 is 24.2 Å². The highest BCUT2D eigenvalue weighted by Gasteiger charge is 2.42. The second kappa shape index (κ2) is 14.0. The molecule has 0 spiro atoms. The molecule has 0 aromatic heterocycles. The first-order valence-electron chi connectivity index (χ1n) is 12.3. The van der Waals surface area contributed by atoms with E-state index >= 15 is 0 Å². The van der Waals surface area contributed by atoms with Crippen molar-refractivity contribution in [2.24, 2.45) is 11.8 Å². The Morgan fingerprint density at radius 2 is 1.19 bits per heavy atom. The maximum Gasteiger partial charge on any atom is 0.509 e. The number of hydrogen-bond acceptors (Lipinski definition) is 9. The fraction of sp³-hybridized carbons (Fsp3) is 0.800. The van der Waals surface area contributed by atoms with E-state index in [9.17, 15) is 29.1 Å². The predicted octanol–water partition coefficient (Wildman–Crippen LogP) is 3.40. The number of carbonyl (C=O) groups is 5. The van der Waals surface area contributed by atoms with Crippen molar-refractivity contribution in [3.8, 4) is 0 Å². The Bertz CT molecular complexity index is 811. The van der Waals surface area contributed by atoms with Gasteiger partial charge in [-0.15, -0.1) is 0 Å². The molecule has 0 saturated carbocycles. The molecule has 12 nitrogen and oxygen atoms in total. The summed E-state index contributed by atoms with van der Waals surface area (Å²) in [7, 11) is 0. The maximum absolute atomic E-state index is 13.4. The van der Waals surface area contributed by atoms with Gasteiger partial charge in [-0.05, 0) is 53.4 Å². The van der Waals surface area contributed by atoms with Gasteiger partial charge in [0, 0.05) is 6.42 Å². The summed E-state index contributed by atoms with van der Waals surface area (Å²) in [5.74, 6) is -4.08. The zero-order chi connectivity index (χ0) is 29.3. The first-order chi connectivity index (χ1) is 16.7. The van der Waals surface area contributed by atoms with Crippen molar-refractivity contribution in [2.75, 3.05) is 0 Å². The summed E-state index contributed by atoms with van der Waals surface area (Å²) in [6.07, 6.45) is -4.59. The molecule has 0 aliphatic heterocycles. The lowest BCUT2D eigenvalue weighted by molar-refractivity contribution is -0.165. The van der Waals surface area contributed by atoms with Crippen LogP contribution in [0.2, 0.25) is 0 Å². The number of carboxylic acid groups (broad SMARTS) is 1. The van der Waals surface area contributed by atoms with Gasteiger partial charge in [0.05, 0.1) is 0 Å². The monoisotopic (exact) mass is 532 g/mol. The third-order valence-corrected chi connectivity index (χ3v) is 4.68. The van der Waals surface area contributed by atoms with E-state index in [0.717, 1.165) is 0 Å². The van der Waals surface area contributed by atoms with E-state index in [2.05, 4.69) is 10.6 Å². The van der Waals surface area contributed by atoms with E-state index < -0.39 is 77.4 Å². The second-order valence-electron chi connectivity index (χ2n) is 11.3. The molecule has 12 heteroatoms. The van der Waals surface area contributed by atoms with Crippen LogP contribution in [0.1, 0.15) is 82.6 Å². The fourth-order valence-corrected chi connectivity index (χ4v) is 3.04. The molecule has 0 unspecified atom stereocenters. The molecule has 0 aliphatic rings. The van der Waals surface area contributed by atoms with Gasteiger partial charge in [-0.25, -0.2) is 19.2 Å².